The van der Waals surface area contributed by atoms with Gasteiger partial charge in [-0.1, -0.05) is 12.1 Å². The molecule has 8 nitrogen and oxygen atoms in total. The molecule has 31 heavy (non-hydrogen) atoms. The number of anilines is 2. The maximum absolute atomic E-state index is 5.43. The van der Waals surface area contributed by atoms with Crippen LogP contribution in [0.25, 0.3) is 22.6 Å². The molecule has 0 bridgehead atoms. The van der Waals surface area contributed by atoms with E-state index in [1.165, 1.54) is 5.56 Å². The van der Waals surface area contributed by atoms with Crippen molar-refractivity contribution in [3.05, 3.63) is 60.6 Å². The van der Waals surface area contributed by atoms with Gasteiger partial charge in [0.05, 0.1) is 19.4 Å². The Morgan fingerprint density at radius 1 is 1.06 bits per heavy atom. The Morgan fingerprint density at radius 3 is 2.74 bits per heavy atom. The normalized spacial score (nSPS) is 14.7. The van der Waals surface area contributed by atoms with Gasteiger partial charge >= 0.3 is 0 Å². The summed E-state index contributed by atoms with van der Waals surface area (Å²) in [6.45, 7) is 4.73. The standard InChI is InChI=1S/C23H25N7O/c1-29-21(18-5-8-24-9-6-18)27-20-16-25-23(28-22(20)29)26-19-4-2-3-17(15-19)7-10-30-11-13-31-14-12-30/h2-6,8-9,15-16H,7,10-14H2,1H3,(H,25,26,28). The number of nitrogens with zero attached hydrogens (tertiary/aromatic N) is 6. The summed E-state index contributed by atoms with van der Waals surface area (Å²) in [4.78, 5) is 20.4. The van der Waals surface area contributed by atoms with Crippen molar-refractivity contribution in [1.29, 1.82) is 0 Å². The van der Waals surface area contributed by atoms with Crippen LogP contribution in [0.4, 0.5) is 11.6 Å². The minimum absolute atomic E-state index is 0.558. The predicted molar refractivity (Wildman–Crippen MR) is 120 cm³/mol. The summed E-state index contributed by atoms with van der Waals surface area (Å²) in [5.74, 6) is 1.40. The van der Waals surface area contributed by atoms with Crippen LogP contribution in [-0.4, -0.2) is 62.3 Å². The second-order valence-corrected chi connectivity index (χ2v) is 7.66. The number of aryl methyl sites for hydroxylation is 1. The average Bonchev–Trinajstić information content (AvgIpc) is 3.15. The Balaban J connectivity index is 1.33. The van der Waals surface area contributed by atoms with Gasteiger partial charge in [0.1, 0.15) is 11.3 Å². The molecule has 0 unspecified atom stereocenters. The zero-order valence-electron chi connectivity index (χ0n) is 17.5. The summed E-state index contributed by atoms with van der Waals surface area (Å²) >= 11 is 0. The van der Waals surface area contributed by atoms with Crippen molar-refractivity contribution in [3.8, 4) is 11.4 Å². The van der Waals surface area contributed by atoms with E-state index in [0.29, 0.717) is 5.95 Å². The number of hydrogen-bond acceptors (Lipinski definition) is 7. The molecule has 5 rings (SSSR count). The summed E-state index contributed by atoms with van der Waals surface area (Å²) in [5, 5.41) is 3.34. The molecule has 158 valence electrons. The number of fused-ring (bicyclic) bond motifs is 1. The van der Waals surface area contributed by atoms with Gasteiger partial charge in [-0.15, -0.1) is 0 Å². The molecule has 4 aromatic rings. The summed E-state index contributed by atoms with van der Waals surface area (Å²) in [7, 11) is 1.97. The number of rotatable bonds is 6. The molecule has 0 saturated carbocycles. The van der Waals surface area contributed by atoms with Crippen molar-refractivity contribution in [2.24, 2.45) is 7.05 Å². The molecule has 0 amide bonds. The number of benzene rings is 1. The summed E-state index contributed by atoms with van der Waals surface area (Å²) < 4.78 is 7.41. The highest BCUT2D eigenvalue weighted by Gasteiger charge is 2.13. The molecule has 0 radical (unpaired) electrons. The molecular weight excluding hydrogens is 390 g/mol. The molecule has 3 aromatic heterocycles. The van der Waals surface area contributed by atoms with Crippen molar-refractivity contribution in [2.75, 3.05) is 38.2 Å². The lowest BCUT2D eigenvalue weighted by Crippen LogP contribution is -2.37. The quantitative estimate of drug-likeness (QED) is 0.518. The van der Waals surface area contributed by atoms with Gasteiger partial charge in [0.25, 0.3) is 0 Å². The summed E-state index contributed by atoms with van der Waals surface area (Å²) in [6.07, 6.45) is 6.29. The van der Waals surface area contributed by atoms with Gasteiger partial charge in [-0.3, -0.25) is 9.88 Å². The highest BCUT2D eigenvalue weighted by atomic mass is 16.5. The highest BCUT2D eigenvalue weighted by molar-refractivity contribution is 5.77. The largest absolute Gasteiger partial charge is 0.379 e. The lowest BCUT2D eigenvalue weighted by atomic mass is 10.1. The highest BCUT2D eigenvalue weighted by Crippen LogP contribution is 2.23. The van der Waals surface area contributed by atoms with Crippen LogP contribution in [-0.2, 0) is 18.2 Å². The maximum Gasteiger partial charge on any atom is 0.229 e. The Morgan fingerprint density at radius 2 is 1.90 bits per heavy atom. The number of aromatic nitrogens is 5. The summed E-state index contributed by atoms with van der Waals surface area (Å²) in [6, 6.07) is 12.3. The Labute approximate surface area is 180 Å². The van der Waals surface area contributed by atoms with Crippen molar-refractivity contribution in [1.82, 2.24) is 29.4 Å². The number of nitrogens with one attached hydrogen (secondary N) is 1. The van der Waals surface area contributed by atoms with E-state index in [0.717, 1.165) is 67.5 Å². The predicted octanol–water partition coefficient (Wildman–Crippen LogP) is 3.04. The van der Waals surface area contributed by atoms with Gasteiger partial charge in [0, 0.05) is 50.3 Å². The first kappa shape index (κ1) is 19.6. The van der Waals surface area contributed by atoms with E-state index in [9.17, 15) is 0 Å². The third kappa shape index (κ3) is 4.40. The zero-order chi connectivity index (χ0) is 21.0. The van der Waals surface area contributed by atoms with E-state index in [-0.39, 0.29) is 0 Å². The lowest BCUT2D eigenvalue weighted by molar-refractivity contribution is 0.0384. The maximum atomic E-state index is 5.43. The average molecular weight is 416 g/mol. The van der Waals surface area contributed by atoms with E-state index in [1.807, 2.05) is 29.8 Å². The SMILES string of the molecule is Cn1c(-c2ccncc2)nc2cnc(Nc3cccc(CCN4CCOCC4)c3)nc21. The Hall–Kier alpha value is -3.36. The van der Waals surface area contributed by atoms with Crippen molar-refractivity contribution >= 4 is 22.8 Å². The van der Waals surface area contributed by atoms with Crippen molar-refractivity contribution in [3.63, 3.8) is 0 Å². The Kier molecular flexibility index (Phi) is 5.56. The zero-order valence-corrected chi connectivity index (χ0v) is 17.5. The number of imidazole rings is 1. The molecule has 1 aliphatic rings. The number of pyridine rings is 1. The van der Waals surface area contributed by atoms with E-state index in [1.54, 1.807) is 18.6 Å². The van der Waals surface area contributed by atoms with Crippen LogP contribution >= 0.6 is 0 Å². The van der Waals surface area contributed by atoms with Crippen LogP contribution < -0.4 is 5.32 Å². The molecule has 1 fully saturated rings. The smallest absolute Gasteiger partial charge is 0.229 e. The van der Waals surface area contributed by atoms with Crippen LogP contribution in [0.5, 0.6) is 0 Å². The van der Waals surface area contributed by atoms with Gasteiger partial charge in [-0.05, 0) is 36.2 Å². The molecule has 4 heterocycles. The fourth-order valence-corrected chi connectivity index (χ4v) is 3.85. The van der Waals surface area contributed by atoms with E-state index in [2.05, 4.69) is 43.4 Å². The minimum Gasteiger partial charge on any atom is -0.379 e. The van der Waals surface area contributed by atoms with Gasteiger partial charge in [-0.25, -0.2) is 9.97 Å². The van der Waals surface area contributed by atoms with Crippen molar-refractivity contribution in [2.45, 2.75) is 6.42 Å². The van der Waals surface area contributed by atoms with E-state index >= 15 is 0 Å². The molecular formula is C23H25N7O. The molecule has 8 heteroatoms. The summed E-state index contributed by atoms with van der Waals surface area (Å²) in [5.41, 5.74) is 4.82. The Bertz CT molecular complexity index is 1170. The third-order valence-corrected chi connectivity index (χ3v) is 5.55. The monoisotopic (exact) mass is 415 g/mol. The first-order valence-corrected chi connectivity index (χ1v) is 10.5. The van der Waals surface area contributed by atoms with Crippen LogP contribution in [0.1, 0.15) is 5.56 Å². The second-order valence-electron chi connectivity index (χ2n) is 7.66. The van der Waals surface area contributed by atoms with Crippen molar-refractivity contribution < 1.29 is 4.74 Å². The topological polar surface area (TPSA) is 81.0 Å². The number of morpholine rings is 1. The minimum atomic E-state index is 0.558. The second kappa shape index (κ2) is 8.79. The lowest BCUT2D eigenvalue weighted by Gasteiger charge is -2.26. The molecule has 0 atom stereocenters. The fraction of sp³-hybridized carbons (Fsp3) is 0.304. The van der Waals surface area contributed by atoms with Gasteiger partial charge in [0.15, 0.2) is 5.65 Å². The third-order valence-electron chi connectivity index (χ3n) is 5.55. The van der Waals surface area contributed by atoms with Gasteiger partial charge in [0.2, 0.25) is 5.95 Å². The van der Waals surface area contributed by atoms with Crippen LogP contribution in [0, 0.1) is 0 Å². The van der Waals surface area contributed by atoms with E-state index in [4.69, 9.17) is 9.72 Å². The molecule has 1 aromatic carbocycles. The fourth-order valence-electron chi connectivity index (χ4n) is 3.85. The molecule has 0 aliphatic carbocycles. The number of hydrogen-bond donors (Lipinski definition) is 1. The van der Waals surface area contributed by atoms with Gasteiger partial charge in [-0.2, -0.15) is 4.98 Å². The van der Waals surface area contributed by atoms with Crippen LogP contribution in [0.2, 0.25) is 0 Å². The molecule has 1 aliphatic heterocycles. The molecule has 1 N–H and O–H groups in total. The molecule has 1 saturated heterocycles. The first-order chi connectivity index (χ1) is 15.3. The first-order valence-electron chi connectivity index (χ1n) is 10.5. The van der Waals surface area contributed by atoms with E-state index < -0.39 is 0 Å². The molecule has 0 spiro atoms. The van der Waals surface area contributed by atoms with Crippen LogP contribution in [0.15, 0.2) is 55.0 Å². The number of ether oxygens (including phenoxy) is 1. The van der Waals surface area contributed by atoms with Gasteiger partial charge < -0.3 is 14.6 Å². The van der Waals surface area contributed by atoms with Crippen LogP contribution in [0.3, 0.4) is 0 Å².